The van der Waals surface area contributed by atoms with Crippen LogP contribution in [0.1, 0.15) is 220 Å². The van der Waals surface area contributed by atoms with Crippen molar-refractivity contribution in [1.82, 2.24) is 5.32 Å². The molecule has 50 heavy (non-hydrogen) atoms. The number of unbranched alkanes of at least 4 members (excludes halogenated alkanes) is 22. The van der Waals surface area contributed by atoms with Gasteiger partial charge in [0.1, 0.15) is 6.10 Å². The first-order valence-electron chi connectivity index (χ1n) is 21.6. The summed E-state index contributed by atoms with van der Waals surface area (Å²) >= 11 is 0. The number of aliphatic hydroxyl groups excluding tert-OH is 2. The van der Waals surface area contributed by atoms with E-state index in [2.05, 4.69) is 50.4 Å². The van der Waals surface area contributed by atoms with Gasteiger partial charge in [-0.25, -0.2) is 0 Å². The molecule has 0 heterocycles. The van der Waals surface area contributed by atoms with Crippen LogP contribution in [-0.2, 0) is 14.3 Å². The van der Waals surface area contributed by atoms with Crippen LogP contribution in [0.15, 0.2) is 24.3 Å². The fourth-order valence-corrected chi connectivity index (χ4v) is 6.43. The predicted molar refractivity (Wildman–Crippen MR) is 213 cm³/mol. The molecule has 0 bridgehead atoms. The van der Waals surface area contributed by atoms with E-state index in [-0.39, 0.29) is 24.9 Å². The van der Waals surface area contributed by atoms with E-state index in [0.29, 0.717) is 19.3 Å². The number of allylic oxidation sites excluding steroid dienone is 4. The zero-order chi connectivity index (χ0) is 36.8. The topological polar surface area (TPSA) is 95.9 Å². The van der Waals surface area contributed by atoms with E-state index in [1.807, 2.05) is 0 Å². The summed E-state index contributed by atoms with van der Waals surface area (Å²) in [7, 11) is 0. The minimum absolute atomic E-state index is 0.0625. The monoisotopic (exact) mass is 706 g/mol. The summed E-state index contributed by atoms with van der Waals surface area (Å²) in [6, 6.07) is -0.702. The lowest BCUT2D eigenvalue weighted by atomic mass is 10.0. The SMILES string of the molecule is CCC/C=C\CCCCCC(CC(=O)NC(CO)C(O)CCCCCCCCCCCC)OC(=O)CCCCC/C=C\CCCCCCCC. The normalized spacial score (nSPS) is 13.6. The number of nitrogens with one attached hydrogen (secondary N) is 1. The minimum atomic E-state index is -0.787. The van der Waals surface area contributed by atoms with Gasteiger partial charge < -0.3 is 20.3 Å². The van der Waals surface area contributed by atoms with Gasteiger partial charge in [-0.15, -0.1) is 0 Å². The van der Waals surface area contributed by atoms with Crippen molar-refractivity contribution < 1.29 is 24.5 Å². The van der Waals surface area contributed by atoms with Gasteiger partial charge in [0.05, 0.1) is 25.2 Å². The summed E-state index contributed by atoms with van der Waals surface area (Å²) in [5.74, 6) is -0.511. The Kier molecular flexibility index (Phi) is 37.3. The maximum Gasteiger partial charge on any atom is 0.306 e. The van der Waals surface area contributed by atoms with Crippen LogP contribution in [0.2, 0.25) is 0 Å². The highest BCUT2D eigenvalue weighted by Crippen LogP contribution is 2.17. The number of carbonyl (C=O) groups is 2. The fraction of sp³-hybridized carbons (Fsp3) is 0.864. The standard InChI is InChI=1S/C44H83NO5/c1-4-7-10-13-16-19-21-22-23-25-28-31-34-37-44(49)50-40(35-32-29-26-18-15-12-9-6-3)38-43(48)45-41(39-46)42(47)36-33-30-27-24-20-17-14-11-8-5-2/h12,15,22-23,40-42,46-47H,4-11,13-14,16-21,24-39H2,1-3H3,(H,45,48)/b15-12-,23-22-. The van der Waals surface area contributed by atoms with Gasteiger partial charge in [-0.3, -0.25) is 9.59 Å². The van der Waals surface area contributed by atoms with Crippen molar-refractivity contribution in [1.29, 1.82) is 0 Å². The van der Waals surface area contributed by atoms with Crippen LogP contribution in [0.25, 0.3) is 0 Å². The first kappa shape index (κ1) is 48.3. The number of hydrogen-bond donors (Lipinski definition) is 3. The van der Waals surface area contributed by atoms with E-state index in [9.17, 15) is 19.8 Å². The molecular weight excluding hydrogens is 622 g/mol. The molecule has 0 aromatic carbocycles. The Morgan fingerprint density at radius 3 is 1.52 bits per heavy atom. The highest BCUT2D eigenvalue weighted by Gasteiger charge is 2.24. The average Bonchev–Trinajstić information content (AvgIpc) is 3.10. The summed E-state index contributed by atoms with van der Waals surface area (Å²) in [4.78, 5) is 25.8. The van der Waals surface area contributed by atoms with Crippen molar-refractivity contribution in [2.45, 2.75) is 238 Å². The lowest BCUT2D eigenvalue weighted by Crippen LogP contribution is -2.46. The van der Waals surface area contributed by atoms with Gasteiger partial charge in [-0.1, -0.05) is 161 Å². The molecule has 6 nitrogen and oxygen atoms in total. The van der Waals surface area contributed by atoms with Crippen LogP contribution in [-0.4, -0.2) is 46.9 Å². The lowest BCUT2D eigenvalue weighted by molar-refractivity contribution is -0.151. The van der Waals surface area contributed by atoms with Gasteiger partial charge in [0, 0.05) is 6.42 Å². The third kappa shape index (κ3) is 33.5. The van der Waals surface area contributed by atoms with Crippen molar-refractivity contribution in [2.75, 3.05) is 6.61 Å². The van der Waals surface area contributed by atoms with Gasteiger partial charge in [0.25, 0.3) is 0 Å². The number of amides is 1. The number of esters is 1. The van der Waals surface area contributed by atoms with E-state index in [1.165, 1.54) is 89.9 Å². The average molecular weight is 706 g/mol. The molecule has 0 rings (SSSR count). The number of rotatable bonds is 38. The second-order valence-electron chi connectivity index (χ2n) is 14.7. The van der Waals surface area contributed by atoms with Crippen LogP contribution in [0.5, 0.6) is 0 Å². The number of ether oxygens (including phenoxy) is 1. The van der Waals surface area contributed by atoms with Gasteiger partial charge >= 0.3 is 5.97 Å². The quantitative estimate of drug-likeness (QED) is 0.0337. The molecule has 0 aliphatic rings. The highest BCUT2D eigenvalue weighted by molar-refractivity contribution is 5.77. The molecule has 3 unspecified atom stereocenters. The molecule has 0 spiro atoms. The lowest BCUT2D eigenvalue weighted by Gasteiger charge is -2.24. The largest absolute Gasteiger partial charge is 0.462 e. The third-order valence-electron chi connectivity index (χ3n) is 9.73. The molecule has 1 amide bonds. The van der Waals surface area contributed by atoms with E-state index < -0.39 is 18.2 Å². The number of carbonyl (C=O) groups excluding carboxylic acids is 2. The van der Waals surface area contributed by atoms with Crippen LogP contribution in [0.4, 0.5) is 0 Å². The smallest absolute Gasteiger partial charge is 0.306 e. The summed E-state index contributed by atoms with van der Waals surface area (Å²) in [5, 5.41) is 23.5. The van der Waals surface area contributed by atoms with Crippen LogP contribution in [0, 0.1) is 0 Å². The Labute approximate surface area is 310 Å². The Morgan fingerprint density at radius 1 is 0.560 bits per heavy atom. The van der Waals surface area contributed by atoms with E-state index in [0.717, 1.165) is 83.5 Å². The number of hydrogen-bond acceptors (Lipinski definition) is 5. The molecule has 0 saturated heterocycles. The summed E-state index contributed by atoms with van der Waals surface area (Å²) < 4.78 is 5.85. The molecule has 0 saturated carbocycles. The van der Waals surface area contributed by atoms with Gasteiger partial charge in [0.2, 0.25) is 5.91 Å². The zero-order valence-electron chi connectivity index (χ0n) is 33.3. The summed E-state index contributed by atoms with van der Waals surface area (Å²) in [5.41, 5.74) is 0. The molecular formula is C44H83NO5. The van der Waals surface area contributed by atoms with Crippen molar-refractivity contribution >= 4 is 11.9 Å². The van der Waals surface area contributed by atoms with E-state index in [1.54, 1.807) is 0 Å². The summed E-state index contributed by atoms with van der Waals surface area (Å²) in [6.07, 6.45) is 41.0. The fourth-order valence-electron chi connectivity index (χ4n) is 6.43. The van der Waals surface area contributed by atoms with Gasteiger partial charge in [-0.2, -0.15) is 0 Å². The van der Waals surface area contributed by atoms with Gasteiger partial charge in [-0.05, 0) is 70.6 Å². The Balaban J connectivity index is 4.55. The third-order valence-corrected chi connectivity index (χ3v) is 9.73. The molecule has 3 atom stereocenters. The van der Waals surface area contributed by atoms with Crippen molar-refractivity contribution in [3.8, 4) is 0 Å². The van der Waals surface area contributed by atoms with Crippen LogP contribution < -0.4 is 5.32 Å². The second-order valence-corrected chi connectivity index (χ2v) is 14.7. The molecule has 0 aromatic heterocycles. The van der Waals surface area contributed by atoms with Crippen molar-refractivity contribution in [3.05, 3.63) is 24.3 Å². The Morgan fingerprint density at radius 2 is 1.00 bits per heavy atom. The zero-order valence-corrected chi connectivity index (χ0v) is 33.3. The summed E-state index contributed by atoms with van der Waals surface area (Å²) in [6.45, 7) is 6.37. The minimum Gasteiger partial charge on any atom is -0.462 e. The maximum absolute atomic E-state index is 13.0. The molecule has 0 fully saturated rings. The Hall–Kier alpha value is -1.66. The van der Waals surface area contributed by atoms with Crippen molar-refractivity contribution in [3.63, 3.8) is 0 Å². The number of aliphatic hydroxyl groups is 2. The van der Waals surface area contributed by atoms with Crippen LogP contribution >= 0.6 is 0 Å². The maximum atomic E-state index is 13.0. The molecule has 0 aliphatic heterocycles. The first-order valence-corrected chi connectivity index (χ1v) is 21.6. The molecule has 6 heteroatoms. The van der Waals surface area contributed by atoms with E-state index >= 15 is 0 Å². The van der Waals surface area contributed by atoms with Gasteiger partial charge in [0.15, 0.2) is 0 Å². The molecule has 3 N–H and O–H groups in total. The van der Waals surface area contributed by atoms with Crippen LogP contribution in [0.3, 0.4) is 0 Å². The second kappa shape index (κ2) is 38.6. The van der Waals surface area contributed by atoms with Crippen molar-refractivity contribution in [2.24, 2.45) is 0 Å². The molecule has 0 radical (unpaired) electrons. The first-order chi connectivity index (χ1) is 24.5. The molecule has 0 aromatic rings. The Bertz CT molecular complexity index is 797. The van der Waals surface area contributed by atoms with E-state index in [4.69, 9.17) is 4.74 Å². The predicted octanol–water partition coefficient (Wildman–Crippen LogP) is 12.0. The molecule has 294 valence electrons. The highest BCUT2D eigenvalue weighted by atomic mass is 16.5. The molecule has 0 aliphatic carbocycles.